The molecular weight excluding hydrogens is 595 g/mol. The van der Waals surface area contributed by atoms with Gasteiger partial charge in [0, 0.05) is 31.3 Å². The number of benzene rings is 5. The van der Waals surface area contributed by atoms with Gasteiger partial charge in [0.05, 0.1) is 5.69 Å². The minimum absolute atomic E-state index is 0.746. The van der Waals surface area contributed by atoms with Crippen LogP contribution >= 0.6 is 33.9 Å². The number of thiophene rings is 1. The van der Waals surface area contributed by atoms with E-state index in [0.717, 1.165) is 26.3 Å². The Hall–Kier alpha value is -3.87. The van der Waals surface area contributed by atoms with Crippen LogP contribution in [0.25, 0.3) is 65.1 Å². The Morgan fingerprint density at radius 2 is 1.05 bits per heavy atom. The van der Waals surface area contributed by atoms with Gasteiger partial charge in [0.15, 0.2) is 5.82 Å². The fraction of sp³-hybridized carbons (Fsp3) is 0. The monoisotopic (exact) mass is 616 g/mol. The van der Waals surface area contributed by atoms with E-state index in [2.05, 4.69) is 150 Å². The molecule has 2 aromatic heterocycles. The maximum absolute atomic E-state index is 5.10. The minimum Gasteiger partial charge on any atom is -0.228 e. The molecule has 0 saturated carbocycles. The standard InChI is InChI=1S/C34H21IN2S/c35-33-21-30(36-34(37-33)24-15-16-32-29(20-24)28-13-7-8-14-31(28)38-32)27-18-25(22-9-3-1-4-10-22)17-26(19-27)23-11-5-2-6-12-23/h1-21H. The van der Waals surface area contributed by atoms with Crippen molar-refractivity contribution in [3.8, 4) is 44.9 Å². The molecule has 7 rings (SSSR count). The largest absolute Gasteiger partial charge is 0.228 e. The third kappa shape index (κ3) is 4.40. The van der Waals surface area contributed by atoms with Crippen molar-refractivity contribution in [2.24, 2.45) is 0 Å². The van der Waals surface area contributed by atoms with E-state index in [9.17, 15) is 0 Å². The van der Waals surface area contributed by atoms with Gasteiger partial charge < -0.3 is 0 Å². The molecule has 0 aliphatic rings. The van der Waals surface area contributed by atoms with Gasteiger partial charge in [-0.3, -0.25) is 0 Å². The Labute approximate surface area is 238 Å². The Morgan fingerprint density at radius 1 is 0.447 bits per heavy atom. The molecule has 5 aromatic carbocycles. The average molecular weight is 617 g/mol. The topological polar surface area (TPSA) is 25.8 Å². The van der Waals surface area contributed by atoms with Gasteiger partial charge in [0.2, 0.25) is 0 Å². The Bertz CT molecular complexity index is 1870. The van der Waals surface area contributed by atoms with Crippen LogP contribution in [0.5, 0.6) is 0 Å². The molecule has 180 valence electrons. The average Bonchev–Trinajstić information content (AvgIpc) is 3.35. The zero-order chi connectivity index (χ0) is 25.5. The summed E-state index contributed by atoms with van der Waals surface area (Å²) < 4.78 is 3.50. The summed E-state index contributed by atoms with van der Waals surface area (Å²) in [6.07, 6.45) is 0. The zero-order valence-corrected chi connectivity index (χ0v) is 23.3. The number of nitrogens with zero attached hydrogens (tertiary/aromatic N) is 2. The summed E-state index contributed by atoms with van der Waals surface area (Å²) >= 11 is 4.13. The Balaban J connectivity index is 1.39. The van der Waals surface area contributed by atoms with E-state index in [1.807, 2.05) is 11.3 Å². The van der Waals surface area contributed by atoms with E-state index in [-0.39, 0.29) is 0 Å². The molecule has 0 unspecified atom stereocenters. The SMILES string of the molecule is Ic1cc(-c2cc(-c3ccccc3)cc(-c3ccccc3)c2)nc(-c2ccc3sc4ccccc4c3c2)n1. The van der Waals surface area contributed by atoms with Gasteiger partial charge in [0.1, 0.15) is 3.70 Å². The summed E-state index contributed by atoms with van der Waals surface area (Å²) in [5.41, 5.74) is 7.74. The van der Waals surface area contributed by atoms with Crippen LogP contribution in [0.3, 0.4) is 0 Å². The lowest BCUT2D eigenvalue weighted by Crippen LogP contribution is -1.96. The molecule has 0 fully saturated rings. The van der Waals surface area contributed by atoms with Crippen molar-refractivity contribution in [3.63, 3.8) is 0 Å². The first kappa shape index (κ1) is 23.3. The molecule has 7 aromatic rings. The maximum atomic E-state index is 5.10. The molecule has 38 heavy (non-hydrogen) atoms. The molecule has 0 spiro atoms. The predicted molar refractivity (Wildman–Crippen MR) is 169 cm³/mol. The van der Waals surface area contributed by atoms with Crippen LogP contribution in [0.15, 0.2) is 127 Å². The van der Waals surface area contributed by atoms with Crippen LogP contribution in [0.4, 0.5) is 0 Å². The van der Waals surface area contributed by atoms with Gasteiger partial charge in [-0.1, -0.05) is 78.9 Å². The lowest BCUT2D eigenvalue weighted by Gasteiger charge is -2.12. The first-order valence-electron chi connectivity index (χ1n) is 12.4. The van der Waals surface area contributed by atoms with Crippen molar-refractivity contribution in [2.75, 3.05) is 0 Å². The van der Waals surface area contributed by atoms with E-state index in [1.54, 1.807) is 0 Å². The fourth-order valence-electron chi connectivity index (χ4n) is 4.93. The molecule has 4 heteroatoms. The third-order valence-electron chi connectivity index (χ3n) is 6.77. The first-order chi connectivity index (χ1) is 18.7. The second kappa shape index (κ2) is 9.78. The van der Waals surface area contributed by atoms with Crippen molar-refractivity contribution in [3.05, 3.63) is 131 Å². The normalized spacial score (nSPS) is 11.3. The van der Waals surface area contributed by atoms with Crippen LogP contribution in [0.2, 0.25) is 0 Å². The van der Waals surface area contributed by atoms with Crippen molar-refractivity contribution >= 4 is 54.1 Å². The smallest absolute Gasteiger partial charge is 0.160 e. The van der Waals surface area contributed by atoms with Gasteiger partial charge in [0.25, 0.3) is 0 Å². The number of hydrogen-bond donors (Lipinski definition) is 0. The first-order valence-corrected chi connectivity index (χ1v) is 14.3. The number of aromatic nitrogens is 2. The molecule has 0 atom stereocenters. The van der Waals surface area contributed by atoms with Gasteiger partial charge >= 0.3 is 0 Å². The summed E-state index contributed by atoms with van der Waals surface area (Å²) in [4.78, 5) is 9.94. The van der Waals surface area contributed by atoms with Crippen molar-refractivity contribution in [1.29, 1.82) is 0 Å². The molecule has 0 amide bonds. The molecule has 0 radical (unpaired) electrons. The van der Waals surface area contributed by atoms with Crippen molar-refractivity contribution in [2.45, 2.75) is 0 Å². The molecule has 0 N–H and O–H groups in total. The number of fused-ring (bicyclic) bond motifs is 3. The van der Waals surface area contributed by atoms with Gasteiger partial charge in [-0.05, 0) is 93.4 Å². The van der Waals surface area contributed by atoms with E-state index < -0.39 is 0 Å². The second-order valence-corrected chi connectivity index (χ2v) is 11.4. The Kier molecular flexibility index (Phi) is 5.99. The van der Waals surface area contributed by atoms with Gasteiger partial charge in [-0.15, -0.1) is 11.3 Å². The zero-order valence-electron chi connectivity index (χ0n) is 20.3. The minimum atomic E-state index is 0.746. The molecule has 0 saturated heterocycles. The quantitative estimate of drug-likeness (QED) is 0.145. The number of hydrogen-bond acceptors (Lipinski definition) is 3. The van der Waals surface area contributed by atoms with Gasteiger partial charge in [-0.25, -0.2) is 9.97 Å². The summed E-state index contributed by atoms with van der Waals surface area (Å²) in [5, 5.41) is 2.54. The molecular formula is C34H21IN2S. The van der Waals surface area contributed by atoms with Gasteiger partial charge in [-0.2, -0.15) is 0 Å². The van der Waals surface area contributed by atoms with Crippen LogP contribution in [0.1, 0.15) is 0 Å². The highest BCUT2D eigenvalue weighted by Gasteiger charge is 2.13. The molecule has 0 aliphatic heterocycles. The molecule has 0 bridgehead atoms. The van der Waals surface area contributed by atoms with E-state index in [0.29, 0.717) is 0 Å². The molecule has 2 heterocycles. The Morgan fingerprint density at radius 3 is 1.76 bits per heavy atom. The number of halogens is 1. The summed E-state index contributed by atoms with van der Waals surface area (Å²) in [6, 6.07) is 45.0. The fourth-order valence-corrected chi connectivity index (χ4v) is 6.54. The summed E-state index contributed by atoms with van der Waals surface area (Å²) in [6.45, 7) is 0. The lowest BCUT2D eigenvalue weighted by atomic mass is 9.95. The van der Waals surface area contributed by atoms with E-state index >= 15 is 0 Å². The maximum Gasteiger partial charge on any atom is 0.160 e. The van der Waals surface area contributed by atoms with Crippen molar-refractivity contribution in [1.82, 2.24) is 9.97 Å². The highest BCUT2D eigenvalue weighted by atomic mass is 127. The highest BCUT2D eigenvalue weighted by molar-refractivity contribution is 14.1. The van der Waals surface area contributed by atoms with Crippen LogP contribution in [-0.4, -0.2) is 9.97 Å². The number of rotatable bonds is 4. The van der Waals surface area contributed by atoms with Crippen LogP contribution < -0.4 is 0 Å². The third-order valence-corrected chi connectivity index (χ3v) is 8.48. The van der Waals surface area contributed by atoms with E-state index in [1.165, 1.54) is 42.4 Å². The van der Waals surface area contributed by atoms with Crippen LogP contribution in [0, 0.1) is 3.70 Å². The summed E-state index contributed by atoms with van der Waals surface area (Å²) in [5.74, 6) is 0.746. The van der Waals surface area contributed by atoms with Crippen LogP contribution in [-0.2, 0) is 0 Å². The lowest BCUT2D eigenvalue weighted by molar-refractivity contribution is 1.15. The highest BCUT2D eigenvalue weighted by Crippen LogP contribution is 2.37. The predicted octanol–water partition coefficient (Wildman–Crippen LogP) is 10.1. The van der Waals surface area contributed by atoms with E-state index in [4.69, 9.17) is 9.97 Å². The van der Waals surface area contributed by atoms with Crippen molar-refractivity contribution < 1.29 is 0 Å². The second-order valence-electron chi connectivity index (χ2n) is 9.24. The summed E-state index contributed by atoms with van der Waals surface area (Å²) in [7, 11) is 0. The molecule has 0 aliphatic carbocycles. The molecule has 2 nitrogen and oxygen atoms in total.